The molecule has 0 fully saturated rings. The number of benzene rings is 3. The van der Waals surface area contributed by atoms with E-state index in [2.05, 4.69) is 5.32 Å². The van der Waals surface area contributed by atoms with Crippen LogP contribution in [0.3, 0.4) is 0 Å². The van der Waals surface area contributed by atoms with Crippen molar-refractivity contribution in [3.63, 3.8) is 0 Å². The second-order valence-corrected chi connectivity index (χ2v) is 10.2. The number of halogens is 2. The number of amides is 1. The number of rotatable bonds is 7. The van der Waals surface area contributed by atoms with E-state index in [1.54, 1.807) is 30.3 Å². The van der Waals surface area contributed by atoms with Crippen molar-refractivity contribution >= 4 is 44.8 Å². The Morgan fingerprint density at radius 3 is 2.31 bits per heavy atom. The highest BCUT2D eigenvalue weighted by molar-refractivity contribution is 7.92. The molecular formula is C24H24Cl2N2O3S. The van der Waals surface area contributed by atoms with Crippen LogP contribution in [0.4, 0.5) is 5.69 Å². The standard InChI is InChI=1S/C24H24Cl2N2O3S/c1-16-12-13-19(14-17(16)2)18(3)27-23(29)15-28(22-11-7-10-21(25)24(22)26)32(30,31)20-8-5-4-6-9-20/h4-14,18H,15H2,1-3H3,(H,27,29). The maximum absolute atomic E-state index is 13.4. The van der Waals surface area contributed by atoms with Crippen LogP contribution in [0.2, 0.25) is 10.0 Å². The minimum atomic E-state index is -4.07. The van der Waals surface area contributed by atoms with E-state index in [0.717, 1.165) is 21.0 Å². The molecule has 0 heterocycles. The second kappa shape index (κ2) is 9.94. The highest BCUT2D eigenvalue weighted by Gasteiger charge is 2.29. The number of sulfonamides is 1. The Balaban J connectivity index is 1.93. The van der Waals surface area contributed by atoms with E-state index in [0.29, 0.717) is 0 Å². The summed E-state index contributed by atoms with van der Waals surface area (Å²) in [6.45, 7) is 5.42. The van der Waals surface area contributed by atoms with Crippen LogP contribution in [0.25, 0.3) is 0 Å². The van der Waals surface area contributed by atoms with Gasteiger partial charge in [0.1, 0.15) is 6.54 Å². The number of hydrogen-bond acceptors (Lipinski definition) is 3. The van der Waals surface area contributed by atoms with Crippen molar-refractivity contribution in [2.75, 3.05) is 10.8 Å². The molecule has 1 N–H and O–H groups in total. The molecular weight excluding hydrogens is 467 g/mol. The number of carbonyl (C=O) groups is 1. The fourth-order valence-electron chi connectivity index (χ4n) is 3.24. The Bertz CT molecular complexity index is 1230. The molecule has 0 saturated carbocycles. The third kappa shape index (κ3) is 5.26. The zero-order chi connectivity index (χ0) is 23.5. The molecule has 3 aromatic rings. The van der Waals surface area contributed by atoms with Crippen molar-refractivity contribution in [1.29, 1.82) is 0 Å². The summed E-state index contributed by atoms with van der Waals surface area (Å²) in [5.74, 6) is -0.466. The van der Waals surface area contributed by atoms with Crippen LogP contribution in [0, 0.1) is 13.8 Å². The van der Waals surface area contributed by atoms with Gasteiger partial charge in [-0.1, -0.05) is 65.7 Å². The SMILES string of the molecule is Cc1ccc(C(C)NC(=O)CN(c2cccc(Cl)c2Cl)S(=O)(=O)c2ccccc2)cc1C. The summed E-state index contributed by atoms with van der Waals surface area (Å²) >= 11 is 12.5. The molecule has 32 heavy (non-hydrogen) atoms. The van der Waals surface area contributed by atoms with Crippen molar-refractivity contribution in [3.8, 4) is 0 Å². The number of hydrogen-bond donors (Lipinski definition) is 1. The van der Waals surface area contributed by atoms with Gasteiger partial charge < -0.3 is 5.32 Å². The monoisotopic (exact) mass is 490 g/mol. The van der Waals surface area contributed by atoms with Crippen molar-refractivity contribution in [2.45, 2.75) is 31.7 Å². The molecule has 0 radical (unpaired) electrons. The van der Waals surface area contributed by atoms with Gasteiger partial charge in [-0.3, -0.25) is 9.10 Å². The summed E-state index contributed by atoms with van der Waals surface area (Å²) in [5, 5.41) is 3.13. The first-order valence-electron chi connectivity index (χ1n) is 9.99. The van der Waals surface area contributed by atoms with Gasteiger partial charge in [0.05, 0.1) is 26.7 Å². The number of carbonyl (C=O) groups excluding carboxylic acids is 1. The van der Waals surface area contributed by atoms with Gasteiger partial charge in [0, 0.05) is 0 Å². The molecule has 3 rings (SSSR count). The van der Waals surface area contributed by atoms with Crippen LogP contribution >= 0.6 is 23.2 Å². The molecule has 0 aliphatic carbocycles. The van der Waals surface area contributed by atoms with E-state index in [4.69, 9.17) is 23.2 Å². The smallest absolute Gasteiger partial charge is 0.264 e. The molecule has 8 heteroatoms. The maximum atomic E-state index is 13.4. The summed E-state index contributed by atoms with van der Waals surface area (Å²) in [4.78, 5) is 13.0. The summed E-state index contributed by atoms with van der Waals surface area (Å²) in [6.07, 6.45) is 0. The Kier molecular flexibility index (Phi) is 7.49. The number of nitrogens with zero attached hydrogens (tertiary/aromatic N) is 1. The summed E-state index contributed by atoms with van der Waals surface area (Å²) in [5.41, 5.74) is 3.34. The van der Waals surface area contributed by atoms with E-state index in [1.807, 2.05) is 39.0 Å². The Morgan fingerprint density at radius 1 is 0.969 bits per heavy atom. The Morgan fingerprint density at radius 2 is 1.66 bits per heavy atom. The minimum Gasteiger partial charge on any atom is -0.348 e. The molecule has 3 aromatic carbocycles. The van der Waals surface area contributed by atoms with Gasteiger partial charge in [-0.15, -0.1) is 0 Å². The summed E-state index contributed by atoms with van der Waals surface area (Å²) in [7, 11) is -4.07. The Labute approximate surface area is 199 Å². The van der Waals surface area contributed by atoms with Crippen LogP contribution in [0.1, 0.15) is 29.7 Å². The number of anilines is 1. The molecule has 5 nitrogen and oxygen atoms in total. The lowest BCUT2D eigenvalue weighted by Gasteiger charge is -2.26. The number of nitrogens with one attached hydrogen (secondary N) is 1. The van der Waals surface area contributed by atoms with Gasteiger partial charge in [-0.2, -0.15) is 0 Å². The predicted molar refractivity (Wildman–Crippen MR) is 130 cm³/mol. The lowest BCUT2D eigenvalue weighted by Crippen LogP contribution is -2.41. The first-order valence-corrected chi connectivity index (χ1v) is 12.2. The lowest BCUT2D eigenvalue weighted by atomic mass is 10.0. The average Bonchev–Trinajstić information content (AvgIpc) is 2.76. The van der Waals surface area contributed by atoms with E-state index < -0.39 is 22.5 Å². The third-order valence-corrected chi connectivity index (χ3v) is 7.81. The first kappa shape index (κ1) is 24.1. The van der Waals surface area contributed by atoms with Crippen LogP contribution in [0.5, 0.6) is 0 Å². The van der Waals surface area contributed by atoms with Crippen LogP contribution in [-0.4, -0.2) is 20.9 Å². The van der Waals surface area contributed by atoms with Crippen molar-refractivity contribution in [2.24, 2.45) is 0 Å². The van der Waals surface area contributed by atoms with E-state index in [-0.39, 0.29) is 26.7 Å². The van der Waals surface area contributed by atoms with Crippen LogP contribution < -0.4 is 9.62 Å². The highest BCUT2D eigenvalue weighted by atomic mass is 35.5. The molecule has 1 amide bonds. The molecule has 0 saturated heterocycles. The van der Waals surface area contributed by atoms with Gasteiger partial charge in [0.25, 0.3) is 10.0 Å². The largest absolute Gasteiger partial charge is 0.348 e. The van der Waals surface area contributed by atoms with Gasteiger partial charge in [-0.05, 0) is 61.7 Å². The fourth-order valence-corrected chi connectivity index (χ4v) is 5.14. The third-order valence-electron chi connectivity index (χ3n) is 5.23. The minimum absolute atomic E-state index is 0.0473. The first-order chi connectivity index (χ1) is 15.1. The van der Waals surface area contributed by atoms with E-state index in [9.17, 15) is 13.2 Å². The van der Waals surface area contributed by atoms with Gasteiger partial charge in [0.2, 0.25) is 5.91 Å². The normalized spacial score (nSPS) is 12.3. The molecule has 1 atom stereocenters. The van der Waals surface area contributed by atoms with Crippen LogP contribution in [0.15, 0.2) is 71.6 Å². The van der Waals surface area contributed by atoms with Crippen molar-refractivity contribution in [3.05, 3.63) is 93.5 Å². The topological polar surface area (TPSA) is 66.5 Å². The maximum Gasteiger partial charge on any atom is 0.264 e. The zero-order valence-corrected chi connectivity index (χ0v) is 20.3. The van der Waals surface area contributed by atoms with Gasteiger partial charge in [-0.25, -0.2) is 8.42 Å². The Hall–Kier alpha value is -2.54. The quantitative estimate of drug-likeness (QED) is 0.462. The van der Waals surface area contributed by atoms with Gasteiger partial charge in [0.15, 0.2) is 0 Å². The molecule has 1 unspecified atom stereocenters. The van der Waals surface area contributed by atoms with E-state index >= 15 is 0 Å². The fraction of sp³-hybridized carbons (Fsp3) is 0.208. The average molecular weight is 491 g/mol. The predicted octanol–water partition coefficient (Wildman–Crippen LogP) is 5.68. The summed E-state index contributed by atoms with van der Waals surface area (Å²) < 4.78 is 27.8. The molecule has 168 valence electrons. The molecule has 0 aromatic heterocycles. The zero-order valence-electron chi connectivity index (χ0n) is 18.0. The highest BCUT2D eigenvalue weighted by Crippen LogP contribution is 2.35. The number of aryl methyl sites for hydroxylation is 2. The second-order valence-electron chi connectivity index (χ2n) is 7.53. The van der Waals surface area contributed by atoms with Crippen molar-refractivity contribution in [1.82, 2.24) is 5.32 Å². The van der Waals surface area contributed by atoms with Crippen LogP contribution in [-0.2, 0) is 14.8 Å². The van der Waals surface area contributed by atoms with Gasteiger partial charge >= 0.3 is 0 Å². The molecule has 0 aliphatic rings. The lowest BCUT2D eigenvalue weighted by molar-refractivity contribution is -0.120. The summed E-state index contributed by atoms with van der Waals surface area (Å²) in [6, 6.07) is 18.2. The van der Waals surface area contributed by atoms with E-state index in [1.165, 1.54) is 18.2 Å². The molecule has 0 bridgehead atoms. The van der Waals surface area contributed by atoms with Crippen molar-refractivity contribution < 1.29 is 13.2 Å². The molecule has 0 aliphatic heterocycles. The molecule has 0 spiro atoms.